The molecule has 6 heteroatoms. The van der Waals surface area contributed by atoms with Crippen LogP contribution < -0.4 is 0 Å². The van der Waals surface area contributed by atoms with E-state index in [-0.39, 0.29) is 16.9 Å². The highest BCUT2D eigenvalue weighted by Gasteiger charge is 2.39. The Labute approximate surface area is 126 Å². The van der Waals surface area contributed by atoms with Crippen molar-refractivity contribution in [1.82, 2.24) is 0 Å². The van der Waals surface area contributed by atoms with Crippen molar-refractivity contribution in [1.29, 1.82) is 0 Å². The second-order valence-electron chi connectivity index (χ2n) is 4.89. The van der Waals surface area contributed by atoms with Gasteiger partial charge in [0.25, 0.3) is 0 Å². The third-order valence-electron chi connectivity index (χ3n) is 2.58. The average molecular weight is 318 g/mol. The Kier molecular flexibility index (Phi) is 5.89. The molecule has 0 spiro atoms. The minimum absolute atomic E-state index is 0.0881. The fraction of sp³-hybridized carbons (Fsp3) is 0.400. The average Bonchev–Trinajstić information content (AvgIpc) is 2.65. The van der Waals surface area contributed by atoms with Gasteiger partial charge in [0.05, 0.1) is 11.1 Å². The molecule has 1 aromatic carbocycles. The summed E-state index contributed by atoms with van der Waals surface area (Å²) >= 11 is 1.91. The van der Waals surface area contributed by atoms with Crippen LogP contribution in [0, 0.1) is 5.92 Å². The molecule has 21 heavy (non-hydrogen) atoms. The van der Waals surface area contributed by atoms with Gasteiger partial charge in [-0.05, 0) is 30.1 Å². The SMILES string of the molecule is C=C1OC(=O)c2cccc(C(F)(F)F)c21.CSCC(C)C. The van der Waals surface area contributed by atoms with Crippen LogP contribution in [0.5, 0.6) is 0 Å². The Morgan fingerprint density at radius 1 is 1.33 bits per heavy atom. The third-order valence-corrected chi connectivity index (χ3v) is 3.58. The first-order valence-electron chi connectivity index (χ1n) is 6.29. The molecule has 0 atom stereocenters. The molecule has 1 heterocycles. The summed E-state index contributed by atoms with van der Waals surface area (Å²) in [5.74, 6) is 1.11. The van der Waals surface area contributed by atoms with E-state index in [0.29, 0.717) is 0 Å². The summed E-state index contributed by atoms with van der Waals surface area (Å²) in [5.41, 5.74) is -1.24. The van der Waals surface area contributed by atoms with E-state index < -0.39 is 17.7 Å². The molecule has 2 rings (SSSR count). The van der Waals surface area contributed by atoms with E-state index in [0.717, 1.165) is 12.0 Å². The fourth-order valence-corrected chi connectivity index (χ4v) is 2.48. The van der Waals surface area contributed by atoms with Crippen molar-refractivity contribution < 1.29 is 22.7 Å². The molecule has 0 radical (unpaired) electrons. The highest BCUT2D eigenvalue weighted by molar-refractivity contribution is 7.98. The molecule has 1 aromatic rings. The largest absolute Gasteiger partial charge is 0.423 e. The number of esters is 1. The van der Waals surface area contributed by atoms with Gasteiger partial charge in [0.2, 0.25) is 0 Å². The first-order chi connectivity index (χ1) is 9.68. The van der Waals surface area contributed by atoms with Crippen molar-refractivity contribution in [3.8, 4) is 0 Å². The van der Waals surface area contributed by atoms with Gasteiger partial charge in [-0.15, -0.1) is 0 Å². The highest BCUT2D eigenvalue weighted by atomic mass is 32.2. The van der Waals surface area contributed by atoms with Gasteiger partial charge in [0, 0.05) is 5.56 Å². The van der Waals surface area contributed by atoms with Crippen LogP contribution in [-0.4, -0.2) is 18.0 Å². The van der Waals surface area contributed by atoms with E-state index in [1.54, 1.807) is 0 Å². The topological polar surface area (TPSA) is 26.3 Å². The van der Waals surface area contributed by atoms with Gasteiger partial charge >= 0.3 is 12.1 Å². The van der Waals surface area contributed by atoms with Crippen molar-refractivity contribution in [2.75, 3.05) is 12.0 Å². The Morgan fingerprint density at radius 2 is 1.95 bits per heavy atom. The highest BCUT2D eigenvalue weighted by Crippen LogP contribution is 2.39. The van der Waals surface area contributed by atoms with E-state index in [1.165, 1.54) is 17.9 Å². The number of thioether (sulfide) groups is 1. The molecule has 0 aliphatic carbocycles. The summed E-state index contributed by atoms with van der Waals surface area (Å²) in [5, 5.41) is 0. The van der Waals surface area contributed by atoms with Crippen molar-refractivity contribution in [3.05, 3.63) is 41.5 Å². The zero-order valence-corrected chi connectivity index (χ0v) is 12.9. The second-order valence-corrected chi connectivity index (χ2v) is 5.80. The van der Waals surface area contributed by atoms with E-state index in [4.69, 9.17) is 0 Å². The summed E-state index contributed by atoms with van der Waals surface area (Å²) in [6.45, 7) is 7.74. The van der Waals surface area contributed by atoms with Gasteiger partial charge in [0.15, 0.2) is 0 Å². The predicted molar refractivity (Wildman–Crippen MR) is 79.1 cm³/mol. The molecule has 116 valence electrons. The molecule has 0 N–H and O–H groups in total. The minimum Gasteiger partial charge on any atom is -0.423 e. The summed E-state index contributed by atoms with van der Waals surface area (Å²) in [7, 11) is 0. The van der Waals surface area contributed by atoms with Gasteiger partial charge in [-0.25, -0.2) is 4.79 Å². The van der Waals surface area contributed by atoms with Crippen LogP contribution >= 0.6 is 11.8 Å². The molecule has 0 amide bonds. The normalized spacial score (nSPS) is 13.7. The standard InChI is InChI=1S/C10H5F3O2.C5H12S/c1-5-8-6(9(14)15-5)3-2-4-7(8)10(11,12)13;1-5(2)4-6-3/h2-4H,1H2;5H,4H2,1-3H3. The molecular weight excluding hydrogens is 301 g/mol. The molecule has 1 aliphatic heterocycles. The smallest absolute Gasteiger partial charge is 0.417 e. The number of rotatable bonds is 2. The van der Waals surface area contributed by atoms with Gasteiger partial charge in [-0.3, -0.25) is 0 Å². The Hall–Kier alpha value is -1.43. The summed E-state index contributed by atoms with van der Waals surface area (Å²) < 4.78 is 42.1. The van der Waals surface area contributed by atoms with E-state index in [1.807, 2.05) is 11.8 Å². The van der Waals surface area contributed by atoms with E-state index in [2.05, 4.69) is 31.4 Å². The third kappa shape index (κ3) is 4.52. The number of hydrogen-bond acceptors (Lipinski definition) is 3. The first-order valence-corrected chi connectivity index (χ1v) is 7.68. The summed E-state index contributed by atoms with van der Waals surface area (Å²) in [4.78, 5) is 11.1. The van der Waals surface area contributed by atoms with Crippen LogP contribution in [0.15, 0.2) is 24.8 Å². The van der Waals surface area contributed by atoms with Gasteiger partial charge in [0.1, 0.15) is 5.76 Å². The number of carbonyl (C=O) groups is 1. The quantitative estimate of drug-likeness (QED) is 0.729. The van der Waals surface area contributed by atoms with Crippen LogP contribution in [0.25, 0.3) is 5.76 Å². The zero-order chi connectivity index (χ0) is 16.2. The maximum absolute atomic E-state index is 12.5. The lowest BCUT2D eigenvalue weighted by molar-refractivity contribution is -0.137. The molecule has 0 aromatic heterocycles. The van der Waals surface area contributed by atoms with Crippen molar-refractivity contribution in [2.24, 2.45) is 5.92 Å². The van der Waals surface area contributed by atoms with Crippen LogP contribution in [0.3, 0.4) is 0 Å². The number of carbonyl (C=O) groups excluding carboxylic acids is 1. The molecule has 0 bridgehead atoms. The predicted octanol–water partition coefficient (Wildman–Crippen LogP) is 4.85. The molecule has 0 fully saturated rings. The van der Waals surface area contributed by atoms with E-state index in [9.17, 15) is 18.0 Å². The molecule has 0 unspecified atom stereocenters. The number of cyclic esters (lactones) is 1. The fourth-order valence-electron chi connectivity index (χ4n) is 1.81. The van der Waals surface area contributed by atoms with Crippen LogP contribution in [0.2, 0.25) is 0 Å². The van der Waals surface area contributed by atoms with Crippen molar-refractivity contribution >= 4 is 23.5 Å². The summed E-state index contributed by atoms with van der Waals surface area (Å²) in [6, 6.07) is 3.35. The van der Waals surface area contributed by atoms with Crippen LogP contribution in [-0.2, 0) is 10.9 Å². The Balaban J connectivity index is 0.000000315. The monoisotopic (exact) mass is 318 g/mol. The lowest BCUT2D eigenvalue weighted by Gasteiger charge is -2.09. The number of benzene rings is 1. The zero-order valence-electron chi connectivity index (χ0n) is 12.1. The number of alkyl halides is 3. The lowest BCUT2D eigenvalue weighted by Crippen LogP contribution is -2.08. The van der Waals surface area contributed by atoms with E-state index >= 15 is 0 Å². The van der Waals surface area contributed by atoms with Gasteiger partial charge in [-0.1, -0.05) is 26.5 Å². The number of hydrogen-bond donors (Lipinski definition) is 0. The molecule has 0 saturated carbocycles. The Bertz CT molecular complexity index is 536. The summed E-state index contributed by atoms with van der Waals surface area (Å²) in [6.07, 6.45) is -2.37. The van der Waals surface area contributed by atoms with Crippen molar-refractivity contribution in [3.63, 3.8) is 0 Å². The molecule has 1 aliphatic rings. The van der Waals surface area contributed by atoms with Crippen molar-refractivity contribution in [2.45, 2.75) is 20.0 Å². The first kappa shape index (κ1) is 17.6. The number of ether oxygens (including phenoxy) is 1. The molecule has 2 nitrogen and oxygen atoms in total. The number of fused-ring (bicyclic) bond motifs is 1. The van der Waals surface area contributed by atoms with Crippen LogP contribution in [0.4, 0.5) is 13.2 Å². The lowest BCUT2D eigenvalue weighted by atomic mass is 10.0. The van der Waals surface area contributed by atoms with Gasteiger partial charge in [-0.2, -0.15) is 24.9 Å². The van der Waals surface area contributed by atoms with Gasteiger partial charge < -0.3 is 4.74 Å². The Morgan fingerprint density at radius 3 is 2.38 bits per heavy atom. The molecular formula is C15H17F3O2S. The maximum Gasteiger partial charge on any atom is 0.417 e. The van der Waals surface area contributed by atoms with Crippen LogP contribution in [0.1, 0.15) is 35.3 Å². The second kappa shape index (κ2) is 7.02. The molecule has 0 saturated heterocycles. The minimum atomic E-state index is -4.51. The maximum atomic E-state index is 12.5. The number of halogens is 3.